The first-order chi connectivity index (χ1) is 13.5. The van der Waals surface area contributed by atoms with E-state index in [2.05, 4.69) is 15.8 Å². The van der Waals surface area contributed by atoms with Crippen molar-refractivity contribution in [1.82, 2.24) is 19.5 Å². The fraction of sp³-hybridized carbons (Fsp3) is 0.450. The van der Waals surface area contributed by atoms with Gasteiger partial charge in [-0.05, 0) is 36.4 Å². The van der Waals surface area contributed by atoms with E-state index in [1.807, 2.05) is 41.8 Å². The predicted molar refractivity (Wildman–Crippen MR) is 109 cm³/mol. The van der Waals surface area contributed by atoms with Crippen molar-refractivity contribution in [3.05, 3.63) is 45.1 Å². The molecule has 0 aromatic carbocycles. The Hall–Kier alpha value is -2.45. The summed E-state index contributed by atoms with van der Waals surface area (Å²) in [6, 6.07) is 5.89. The summed E-state index contributed by atoms with van der Waals surface area (Å²) in [4.78, 5) is 25.5. The van der Waals surface area contributed by atoms with Crippen molar-refractivity contribution in [2.75, 3.05) is 13.2 Å². The minimum atomic E-state index is -0.256. The van der Waals surface area contributed by atoms with Crippen molar-refractivity contribution in [2.24, 2.45) is 0 Å². The normalized spacial score (nSPS) is 15.4. The van der Waals surface area contributed by atoms with Gasteiger partial charge < -0.3 is 10.1 Å². The lowest BCUT2D eigenvalue weighted by molar-refractivity contribution is -0.123. The van der Waals surface area contributed by atoms with Crippen molar-refractivity contribution >= 4 is 22.8 Å². The average molecular weight is 401 g/mol. The van der Waals surface area contributed by atoms with Crippen LogP contribution in [0, 0.1) is 0 Å². The van der Waals surface area contributed by atoms with Crippen LogP contribution in [0.1, 0.15) is 38.4 Å². The number of carbonyl (C=O) groups excluding carboxylic acids is 1. The van der Waals surface area contributed by atoms with Crippen LogP contribution < -0.4 is 10.9 Å². The van der Waals surface area contributed by atoms with Gasteiger partial charge in [-0.3, -0.25) is 14.0 Å². The number of hydrogen-bond acceptors (Lipinski definition) is 5. The topological polar surface area (TPSA) is 77.6 Å². The highest BCUT2D eigenvalue weighted by Crippen LogP contribution is 2.26. The molecule has 0 saturated carbocycles. The molecule has 0 aliphatic carbocycles. The van der Waals surface area contributed by atoms with Gasteiger partial charge in [0.1, 0.15) is 17.9 Å². The van der Waals surface area contributed by atoms with Gasteiger partial charge in [0, 0.05) is 36.1 Å². The van der Waals surface area contributed by atoms with E-state index >= 15 is 0 Å². The quantitative estimate of drug-likeness (QED) is 0.714. The Morgan fingerprint density at radius 1 is 1.32 bits per heavy atom. The zero-order valence-corrected chi connectivity index (χ0v) is 16.9. The number of nitrogens with zero attached hydrogens (tertiary/aromatic N) is 3. The Labute approximate surface area is 166 Å². The van der Waals surface area contributed by atoms with Gasteiger partial charge in [-0.1, -0.05) is 13.8 Å². The Morgan fingerprint density at radius 3 is 2.79 bits per heavy atom. The van der Waals surface area contributed by atoms with Crippen LogP contribution in [0.4, 0.5) is 0 Å². The fourth-order valence-electron chi connectivity index (χ4n) is 3.56. The molecular weight excluding hydrogens is 376 g/mol. The summed E-state index contributed by atoms with van der Waals surface area (Å²) in [6.07, 6.45) is 1.60. The summed E-state index contributed by atoms with van der Waals surface area (Å²) in [5, 5.41) is 11.6. The first-order valence-electron chi connectivity index (χ1n) is 9.56. The highest BCUT2D eigenvalue weighted by atomic mass is 32.1. The fourth-order valence-corrected chi connectivity index (χ4v) is 4.21. The second-order valence-corrected chi connectivity index (χ2v) is 8.16. The number of rotatable bonds is 5. The molecule has 1 N–H and O–H groups in total. The zero-order chi connectivity index (χ0) is 19.7. The SMILES string of the molecule is CC(C)c1nn(CC(=O)NC2CCOCC2)c(=O)c2ccc(-c3ccsc3)n12. The second kappa shape index (κ2) is 7.89. The largest absolute Gasteiger partial charge is 0.381 e. The summed E-state index contributed by atoms with van der Waals surface area (Å²) in [6.45, 7) is 5.31. The smallest absolute Gasteiger partial charge is 0.291 e. The van der Waals surface area contributed by atoms with Gasteiger partial charge in [0.05, 0.1) is 5.69 Å². The van der Waals surface area contributed by atoms with Crippen molar-refractivity contribution in [3.63, 3.8) is 0 Å². The molecule has 4 heterocycles. The predicted octanol–water partition coefficient (Wildman–Crippen LogP) is 2.64. The van der Waals surface area contributed by atoms with E-state index in [4.69, 9.17) is 4.74 Å². The molecule has 1 saturated heterocycles. The molecule has 1 aliphatic heterocycles. The summed E-state index contributed by atoms with van der Waals surface area (Å²) in [7, 11) is 0. The van der Waals surface area contributed by atoms with Crippen molar-refractivity contribution in [2.45, 2.75) is 45.2 Å². The summed E-state index contributed by atoms with van der Waals surface area (Å²) in [5.41, 5.74) is 2.29. The number of hydrogen-bond donors (Lipinski definition) is 1. The van der Waals surface area contributed by atoms with Crippen molar-refractivity contribution < 1.29 is 9.53 Å². The van der Waals surface area contributed by atoms with Crippen LogP contribution in [0.15, 0.2) is 33.8 Å². The first kappa shape index (κ1) is 18.9. The molecule has 1 fully saturated rings. The van der Waals surface area contributed by atoms with Gasteiger partial charge in [-0.15, -0.1) is 0 Å². The third-order valence-corrected chi connectivity index (χ3v) is 5.68. The van der Waals surface area contributed by atoms with E-state index in [-0.39, 0.29) is 30.0 Å². The molecule has 3 aromatic rings. The lowest BCUT2D eigenvalue weighted by Gasteiger charge is -2.23. The molecule has 0 unspecified atom stereocenters. The van der Waals surface area contributed by atoms with Gasteiger partial charge >= 0.3 is 0 Å². The third kappa shape index (κ3) is 3.62. The van der Waals surface area contributed by atoms with Crippen molar-refractivity contribution in [1.29, 1.82) is 0 Å². The lowest BCUT2D eigenvalue weighted by atomic mass is 10.1. The molecule has 7 nitrogen and oxygen atoms in total. The van der Waals surface area contributed by atoms with Crippen LogP contribution in [0.5, 0.6) is 0 Å². The maximum Gasteiger partial charge on any atom is 0.291 e. The number of aromatic nitrogens is 3. The van der Waals surface area contributed by atoms with Crippen LogP contribution in [0.25, 0.3) is 16.8 Å². The third-order valence-electron chi connectivity index (χ3n) is 5.00. The van der Waals surface area contributed by atoms with Crippen LogP contribution in [0.3, 0.4) is 0 Å². The molecule has 0 bridgehead atoms. The average Bonchev–Trinajstić information content (AvgIpc) is 3.34. The van der Waals surface area contributed by atoms with Gasteiger partial charge in [-0.25, -0.2) is 4.68 Å². The molecule has 1 amide bonds. The maximum atomic E-state index is 13.0. The number of fused-ring (bicyclic) bond motifs is 1. The van der Waals surface area contributed by atoms with E-state index in [1.54, 1.807) is 11.3 Å². The highest BCUT2D eigenvalue weighted by molar-refractivity contribution is 7.08. The standard InChI is InChI=1S/C20H24N4O3S/c1-13(2)19-22-23(11-18(25)21-15-5-8-27-9-6-15)20(26)17-4-3-16(24(17)19)14-7-10-28-12-14/h3-4,7,10,12-13,15H,5-6,8-9,11H2,1-2H3,(H,21,25). The molecule has 3 aromatic heterocycles. The highest BCUT2D eigenvalue weighted by Gasteiger charge is 2.20. The molecule has 4 rings (SSSR count). The van der Waals surface area contributed by atoms with Gasteiger partial charge in [0.15, 0.2) is 0 Å². The summed E-state index contributed by atoms with van der Waals surface area (Å²) >= 11 is 1.61. The molecule has 28 heavy (non-hydrogen) atoms. The summed E-state index contributed by atoms with van der Waals surface area (Å²) in [5.74, 6) is 0.669. The molecule has 0 radical (unpaired) electrons. The number of carbonyl (C=O) groups is 1. The number of nitrogens with one attached hydrogen (secondary N) is 1. The van der Waals surface area contributed by atoms with E-state index in [0.717, 1.165) is 29.9 Å². The Morgan fingerprint density at radius 2 is 2.11 bits per heavy atom. The minimum absolute atomic E-state index is 0.0780. The first-order valence-corrected chi connectivity index (χ1v) is 10.5. The van der Waals surface area contributed by atoms with Gasteiger partial charge in [0.25, 0.3) is 5.56 Å². The summed E-state index contributed by atoms with van der Waals surface area (Å²) < 4.78 is 8.53. The molecule has 148 valence electrons. The van der Waals surface area contributed by atoms with Crippen LogP contribution in [-0.2, 0) is 16.1 Å². The lowest BCUT2D eigenvalue weighted by Crippen LogP contribution is -2.42. The number of amides is 1. The zero-order valence-electron chi connectivity index (χ0n) is 16.1. The van der Waals surface area contributed by atoms with Gasteiger partial charge in [-0.2, -0.15) is 16.4 Å². The molecule has 0 spiro atoms. The van der Waals surface area contributed by atoms with E-state index in [1.165, 1.54) is 4.68 Å². The molecule has 8 heteroatoms. The Bertz CT molecular complexity index is 1030. The number of ether oxygens (including phenoxy) is 1. The maximum absolute atomic E-state index is 13.0. The Balaban J connectivity index is 1.69. The molecule has 1 aliphatic rings. The Kier molecular flexibility index (Phi) is 5.32. The van der Waals surface area contributed by atoms with E-state index < -0.39 is 0 Å². The van der Waals surface area contributed by atoms with Crippen LogP contribution >= 0.6 is 11.3 Å². The van der Waals surface area contributed by atoms with Crippen LogP contribution in [-0.4, -0.2) is 39.3 Å². The van der Waals surface area contributed by atoms with Gasteiger partial charge in [0.2, 0.25) is 5.91 Å². The molecular formula is C20H24N4O3S. The number of thiophene rings is 1. The van der Waals surface area contributed by atoms with Crippen LogP contribution in [0.2, 0.25) is 0 Å². The van der Waals surface area contributed by atoms with E-state index in [9.17, 15) is 9.59 Å². The van der Waals surface area contributed by atoms with E-state index in [0.29, 0.717) is 18.7 Å². The second-order valence-electron chi connectivity index (χ2n) is 7.38. The monoisotopic (exact) mass is 400 g/mol. The molecule has 0 atom stereocenters. The van der Waals surface area contributed by atoms with Crippen molar-refractivity contribution in [3.8, 4) is 11.3 Å². The minimum Gasteiger partial charge on any atom is -0.381 e.